The molecule has 2 rings (SSSR count). The van der Waals surface area contributed by atoms with Gasteiger partial charge < -0.3 is 0 Å². The molecule has 0 aromatic heterocycles. The van der Waals surface area contributed by atoms with E-state index in [0.29, 0.717) is 12.8 Å². The highest BCUT2D eigenvalue weighted by Crippen LogP contribution is 2.38. The molecule has 0 aliphatic heterocycles. The first-order chi connectivity index (χ1) is 11.0. The van der Waals surface area contributed by atoms with Crippen LogP contribution in [0.5, 0.6) is 0 Å². The Balaban J connectivity index is 2.40. The van der Waals surface area contributed by atoms with E-state index in [9.17, 15) is 31.7 Å². The van der Waals surface area contributed by atoms with Crippen molar-refractivity contribution in [2.45, 2.75) is 49.7 Å². The lowest BCUT2D eigenvalue weighted by Gasteiger charge is -2.33. The van der Waals surface area contributed by atoms with Crippen LogP contribution in [0.2, 0.25) is 0 Å². The monoisotopic (exact) mass is 366 g/mol. The summed E-state index contributed by atoms with van der Waals surface area (Å²) in [5, 5.41) is 11.1. The summed E-state index contributed by atoms with van der Waals surface area (Å²) in [5.74, 6) is -1.79. The van der Waals surface area contributed by atoms with Crippen molar-refractivity contribution in [2.75, 3.05) is 0 Å². The van der Waals surface area contributed by atoms with Crippen LogP contribution in [0.4, 0.5) is 18.9 Å². The summed E-state index contributed by atoms with van der Waals surface area (Å²) in [6.07, 6.45) is -3.80. The molecule has 1 N–H and O–H groups in total. The van der Waals surface area contributed by atoms with Crippen LogP contribution in [0.1, 0.15) is 31.2 Å². The Hall–Kier alpha value is -1.68. The third-order valence-corrected chi connectivity index (χ3v) is 5.83. The van der Waals surface area contributed by atoms with E-state index in [0.717, 1.165) is 6.07 Å². The Morgan fingerprint density at radius 1 is 1.25 bits per heavy atom. The number of halogens is 3. The number of rotatable bonds is 4. The van der Waals surface area contributed by atoms with Crippen LogP contribution in [0, 0.1) is 23.0 Å². The highest BCUT2D eigenvalue weighted by molar-refractivity contribution is 7.89. The molecule has 1 aromatic carbocycles. The first-order valence-electron chi connectivity index (χ1n) is 7.37. The minimum Gasteiger partial charge on any atom is -0.258 e. The van der Waals surface area contributed by atoms with Crippen molar-refractivity contribution in [2.24, 2.45) is 5.92 Å². The fourth-order valence-electron chi connectivity index (χ4n) is 3.05. The topological polar surface area (TPSA) is 89.3 Å². The van der Waals surface area contributed by atoms with Gasteiger partial charge in [-0.3, -0.25) is 10.1 Å². The number of nitrogens with one attached hydrogen (secondary N) is 1. The molecule has 1 aromatic rings. The van der Waals surface area contributed by atoms with E-state index in [4.69, 9.17) is 0 Å². The van der Waals surface area contributed by atoms with Crippen molar-refractivity contribution in [1.29, 1.82) is 0 Å². The Morgan fingerprint density at radius 2 is 1.88 bits per heavy atom. The number of nitrogens with zero attached hydrogens (tertiary/aromatic N) is 1. The molecule has 0 spiro atoms. The molecule has 6 nitrogen and oxygen atoms in total. The lowest BCUT2D eigenvalue weighted by Crippen LogP contribution is -2.47. The van der Waals surface area contributed by atoms with E-state index in [2.05, 4.69) is 4.72 Å². The molecule has 10 heteroatoms. The maximum atomic E-state index is 13.1. The summed E-state index contributed by atoms with van der Waals surface area (Å²) in [5.41, 5.74) is -0.544. The van der Waals surface area contributed by atoms with Crippen LogP contribution >= 0.6 is 0 Å². The van der Waals surface area contributed by atoms with E-state index in [1.54, 1.807) is 0 Å². The third-order valence-electron chi connectivity index (χ3n) is 4.15. The second-order valence-corrected chi connectivity index (χ2v) is 7.49. The SMILES string of the molecule is Cc1cccc([N+](=O)[O-])c1S(=O)(=O)NC1CCCCC1C(F)(F)F. The first kappa shape index (κ1) is 18.7. The fourth-order valence-corrected chi connectivity index (χ4v) is 4.76. The van der Waals surface area contributed by atoms with Gasteiger partial charge in [-0.1, -0.05) is 25.0 Å². The number of hydrogen-bond acceptors (Lipinski definition) is 4. The summed E-state index contributed by atoms with van der Waals surface area (Å²) in [6.45, 7) is 1.36. The number of alkyl halides is 3. The molecule has 134 valence electrons. The lowest BCUT2D eigenvalue weighted by atomic mass is 9.85. The molecule has 2 unspecified atom stereocenters. The molecule has 24 heavy (non-hydrogen) atoms. The molecule has 0 bridgehead atoms. The fraction of sp³-hybridized carbons (Fsp3) is 0.571. The van der Waals surface area contributed by atoms with Gasteiger partial charge in [-0.2, -0.15) is 13.2 Å². The van der Waals surface area contributed by atoms with Gasteiger partial charge in [0.2, 0.25) is 10.0 Å². The Labute approximate surface area is 137 Å². The summed E-state index contributed by atoms with van der Waals surface area (Å²) < 4.78 is 66.5. The van der Waals surface area contributed by atoms with Crippen LogP contribution in [0.25, 0.3) is 0 Å². The Bertz CT molecular complexity index is 734. The average Bonchev–Trinajstić information content (AvgIpc) is 2.45. The van der Waals surface area contributed by atoms with Crippen molar-refractivity contribution in [3.05, 3.63) is 33.9 Å². The van der Waals surface area contributed by atoms with Gasteiger partial charge in [-0.05, 0) is 25.3 Å². The van der Waals surface area contributed by atoms with Gasteiger partial charge in [0.1, 0.15) is 0 Å². The predicted molar refractivity (Wildman–Crippen MR) is 80.0 cm³/mol. The zero-order valence-corrected chi connectivity index (χ0v) is 13.7. The highest BCUT2D eigenvalue weighted by atomic mass is 32.2. The second-order valence-electron chi connectivity index (χ2n) is 5.84. The van der Waals surface area contributed by atoms with E-state index in [-0.39, 0.29) is 18.4 Å². The van der Waals surface area contributed by atoms with Crippen LogP contribution in [-0.4, -0.2) is 25.6 Å². The van der Waals surface area contributed by atoms with Crippen LogP contribution in [-0.2, 0) is 10.0 Å². The number of hydrogen-bond donors (Lipinski definition) is 1. The maximum Gasteiger partial charge on any atom is 0.393 e. The number of nitro benzene ring substituents is 1. The van der Waals surface area contributed by atoms with E-state index < -0.39 is 43.7 Å². The Kier molecular flexibility index (Phi) is 5.19. The van der Waals surface area contributed by atoms with Crippen LogP contribution < -0.4 is 4.72 Å². The van der Waals surface area contributed by atoms with Crippen molar-refractivity contribution in [3.8, 4) is 0 Å². The summed E-state index contributed by atoms with van der Waals surface area (Å²) >= 11 is 0. The summed E-state index contributed by atoms with van der Waals surface area (Å²) in [6, 6.07) is 2.39. The molecule has 1 aliphatic carbocycles. The highest BCUT2D eigenvalue weighted by Gasteiger charge is 2.47. The average molecular weight is 366 g/mol. The van der Waals surface area contributed by atoms with Gasteiger partial charge in [-0.15, -0.1) is 0 Å². The van der Waals surface area contributed by atoms with E-state index >= 15 is 0 Å². The molecule has 0 heterocycles. The summed E-state index contributed by atoms with van der Waals surface area (Å²) in [7, 11) is -4.45. The molecule has 2 atom stereocenters. The van der Waals surface area contributed by atoms with Crippen LogP contribution in [0.15, 0.2) is 23.1 Å². The lowest BCUT2D eigenvalue weighted by molar-refractivity contribution is -0.387. The third kappa shape index (κ3) is 3.86. The molecule has 1 saturated carbocycles. The smallest absolute Gasteiger partial charge is 0.258 e. The van der Waals surface area contributed by atoms with Crippen molar-refractivity contribution < 1.29 is 26.5 Å². The normalized spacial score (nSPS) is 22.3. The van der Waals surface area contributed by atoms with E-state index in [1.807, 2.05) is 0 Å². The van der Waals surface area contributed by atoms with Gasteiger partial charge in [0.15, 0.2) is 4.90 Å². The number of sulfonamides is 1. The van der Waals surface area contributed by atoms with Crippen molar-refractivity contribution in [3.63, 3.8) is 0 Å². The quantitative estimate of drug-likeness (QED) is 0.654. The minimum absolute atomic E-state index is 0.0447. The van der Waals surface area contributed by atoms with Crippen molar-refractivity contribution >= 4 is 15.7 Å². The molecular weight excluding hydrogens is 349 g/mol. The Morgan fingerprint density at radius 3 is 2.46 bits per heavy atom. The predicted octanol–water partition coefficient (Wildman–Crippen LogP) is 3.30. The molecule has 1 aliphatic rings. The molecule has 0 radical (unpaired) electrons. The van der Waals surface area contributed by atoms with Crippen LogP contribution in [0.3, 0.4) is 0 Å². The van der Waals surface area contributed by atoms with E-state index in [1.165, 1.54) is 19.1 Å². The van der Waals surface area contributed by atoms with Gasteiger partial charge >= 0.3 is 6.18 Å². The molecule has 1 fully saturated rings. The van der Waals surface area contributed by atoms with Gasteiger partial charge in [0.25, 0.3) is 5.69 Å². The van der Waals surface area contributed by atoms with Gasteiger partial charge in [-0.25, -0.2) is 13.1 Å². The first-order valence-corrected chi connectivity index (χ1v) is 8.85. The molecule has 0 saturated heterocycles. The number of nitro groups is 1. The largest absolute Gasteiger partial charge is 0.393 e. The molecular formula is C14H17F3N2O4S. The molecule has 0 amide bonds. The standard InChI is InChI=1S/C14H17F3N2O4S/c1-9-5-4-8-12(19(20)21)13(9)24(22,23)18-11-7-3-2-6-10(11)14(15,16)17/h4-5,8,10-11,18H,2-3,6-7H2,1H3. The second kappa shape index (κ2) is 6.67. The van der Waals surface area contributed by atoms with Crippen molar-refractivity contribution in [1.82, 2.24) is 4.72 Å². The minimum atomic E-state index is -4.52. The number of aryl methyl sites for hydroxylation is 1. The number of benzene rings is 1. The zero-order chi connectivity index (χ0) is 18.1. The van der Waals surface area contributed by atoms with Gasteiger partial charge in [0, 0.05) is 12.1 Å². The zero-order valence-electron chi connectivity index (χ0n) is 12.8. The summed E-state index contributed by atoms with van der Waals surface area (Å²) in [4.78, 5) is 9.63. The maximum absolute atomic E-state index is 13.1. The van der Waals surface area contributed by atoms with Gasteiger partial charge in [0.05, 0.1) is 10.8 Å².